The minimum atomic E-state index is -1.48. The summed E-state index contributed by atoms with van der Waals surface area (Å²) >= 11 is 0. The molecule has 1 aliphatic rings. The van der Waals surface area contributed by atoms with Gasteiger partial charge in [0.1, 0.15) is 11.9 Å². The standard InChI is InChI=1S/C22H35NO7.C15H25NO/c1-12-16(24)18(19(26)27)30-20(17(12)25)29-15-9-8-13(11-28-22(5,6)7)10-14(15)23-21(2,3)4;1-14(2,3)16-13-9-7-12(8-10-13)11-17-15(4,5)6/h8-10,12,16-18,20,23-25H,11H2,1-7H3,(H,26,27);7-10,16H,11H2,1-6H3. The molecular weight excluding hydrogens is 600 g/mol. The molecule has 5 N–H and O–H groups in total. The van der Waals surface area contributed by atoms with Gasteiger partial charge in [-0.15, -0.1) is 0 Å². The van der Waals surface area contributed by atoms with E-state index in [9.17, 15) is 20.1 Å². The lowest BCUT2D eigenvalue weighted by molar-refractivity contribution is -0.255. The molecule has 266 valence electrons. The highest BCUT2D eigenvalue weighted by molar-refractivity contribution is 5.73. The molecule has 1 fully saturated rings. The number of carboxylic acids is 1. The van der Waals surface area contributed by atoms with Crippen LogP contribution in [0.4, 0.5) is 11.4 Å². The fourth-order valence-electron chi connectivity index (χ4n) is 4.45. The van der Waals surface area contributed by atoms with E-state index in [1.54, 1.807) is 13.0 Å². The second-order valence-corrected chi connectivity index (χ2v) is 16.3. The van der Waals surface area contributed by atoms with Gasteiger partial charge < -0.3 is 44.9 Å². The Hall–Kier alpha value is -2.89. The zero-order valence-electron chi connectivity index (χ0n) is 30.7. The number of anilines is 2. The number of nitrogens with one attached hydrogen (secondary N) is 2. The number of carbonyl (C=O) groups is 1. The number of aliphatic hydroxyl groups is 2. The lowest BCUT2D eigenvalue weighted by Gasteiger charge is -2.39. The van der Waals surface area contributed by atoms with Gasteiger partial charge in [-0.2, -0.15) is 0 Å². The first-order valence-electron chi connectivity index (χ1n) is 16.3. The van der Waals surface area contributed by atoms with Crippen LogP contribution < -0.4 is 15.4 Å². The molecule has 2 aromatic carbocycles. The molecule has 0 aromatic heterocycles. The number of carboxylic acid groups (broad SMARTS) is 1. The fourth-order valence-corrected chi connectivity index (χ4v) is 4.45. The number of ether oxygens (including phenoxy) is 4. The van der Waals surface area contributed by atoms with Gasteiger partial charge in [-0.25, -0.2) is 4.79 Å². The predicted octanol–water partition coefficient (Wildman–Crippen LogP) is 6.97. The Kier molecular flexibility index (Phi) is 13.7. The monoisotopic (exact) mass is 660 g/mol. The summed E-state index contributed by atoms with van der Waals surface area (Å²) in [6, 6.07) is 13.9. The molecule has 1 aliphatic heterocycles. The molecule has 0 radical (unpaired) electrons. The van der Waals surface area contributed by atoms with Crippen molar-refractivity contribution < 1.29 is 39.1 Å². The number of benzene rings is 2. The Bertz CT molecular complexity index is 1270. The topological polar surface area (TPSA) is 139 Å². The molecule has 3 rings (SSSR count). The van der Waals surface area contributed by atoms with Gasteiger partial charge in [0.05, 0.1) is 36.2 Å². The Morgan fingerprint density at radius 2 is 1.23 bits per heavy atom. The fraction of sp³-hybridized carbons (Fsp3) is 0.649. The number of rotatable bonds is 9. The summed E-state index contributed by atoms with van der Waals surface area (Å²) in [5, 5.41) is 36.7. The molecule has 0 saturated carbocycles. The average molecular weight is 661 g/mol. The van der Waals surface area contributed by atoms with E-state index < -0.39 is 36.5 Å². The summed E-state index contributed by atoms with van der Waals surface area (Å²) in [5.41, 5.74) is 3.42. The highest BCUT2D eigenvalue weighted by atomic mass is 16.7. The van der Waals surface area contributed by atoms with E-state index in [0.717, 1.165) is 11.3 Å². The minimum absolute atomic E-state index is 0.0810. The van der Waals surface area contributed by atoms with E-state index in [-0.39, 0.29) is 22.3 Å². The van der Waals surface area contributed by atoms with Crippen LogP contribution >= 0.6 is 0 Å². The van der Waals surface area contributed by atoms with E-state index in [1.165, 1.54) is 5.56 Å². The molecule has 0 bridgehead atoms. The van der Waals surface area contributed by atoms with Crippen LogP contribution in [0, 0.1) is 5.92 Å². The Labute approximate surface area is 282 Å². The highest BCUT2D eigenvalue weighted by Gasteiger charge is 2.46. The number of hydrogen-bond acceptors (Lipinski definition) is 9. The second kappa shape index (κ2) is 16.0. The smallest absolute Gasteiger partial charge is 0.335 e. The molecule has 0 aliphatic carbocycles. The summed E-state index contributed by atoms with van der Waals surface area (Å²) in [6.07, 6.45) is -5.24. The van der Waals surface area contributed by atoms with E-state index in [4.69, 9.17) is 18.9 Å². The van der Waals surface area contributed by atoms with Gasteiger partial charge in [0.25, 0.3) is 0 Å². The molecule has 1 heterocycles. The van der Waals surface area contributed by atoms with Gasteiger partial charge in [0, 0.05) is 22.7 Å². The molecule has 47 heavy (non-hydrogen) atoms. The predicted molar refractivity (Wildman–Crippen MR) is 187 cm³/mol. The highest BCUT2D eigenvalue weighted by Crippen LogP contribution is 2.34. The first-order chi connectivity index (χ1) is 21.3. The van der Waals surface area contributed by atoms with Crippen molar-refractivity contribution in [3.05, 3.63) is 53.6 Å². The van der Waals surface area contributed by atoms with Gasteiger partial charge >= 0.3 is 5.97 Å². The maximum atomic E-state index is 11.4. The third-order valence-electron chi connectivity index (χ3n) is 6.80. The lowest BCUT2D eigenvalue weighted by Crippen LogP contribution is -2.57. The molecule has 2 aromatic rings. The van der Waals surface area contributed by atoms with Gasteiger partial charge in [-0.05, 0) is 118 Å². The van der Waals surface area contributed by atoms with Crippen molar-refractivity contribution in [3.8, 4) is 5.75 Å². The number of aliphatic hydroxyl groups excluding tert-OH is 2. The molecule has 0 spiro atoms. The normalized spacial score (nSPS) is 22.1. The van der Waals surface area contributed by atoms with Crippen LogP contribution in [0.2, 0.25) is 0 Å². The average Bonchev–Trinajstić information content (AvgIpc) is 2.90. The Balaban J connectivity index is 0.000000382. The molecule has 10 nitrogen and oxygen atoms in total. The lowest BCUT2D eigenvalue weighted by atomic mass is 9.90. The second-order valence-electron chi connectivity index (χ2n) is 16.3. The molecule has 0 amide bonds. The SMILES string of the molecule is CC(C)(C)Nc1ccc(COC(C)(C)C)cc1.CC1C(O)C(Oc2ccc(COC(C)(C)C)cc2NC(C)(C)C)OC(C(=O)O)C1O. The van der Waals surface area contributed by atoms with Crippen molar-refractivity contribution in [3.63, 3.8) is 0 Å². The number of hydrogen-bond donors (Lipinski definition) is 5. The van der Waals surface area contributed by atoms with Gasteiger partial charge in [0.2, 0.25) is 6.29 Å². The van der Waals surface area contributed by atoms with Crippen LogP contribution in [0.3, 0.4) is 0 Å². The molecule has 5 unspecified atom stereocenters. The van der Waals surface area contributed by atoms with Crippen LogP contribution in [0.15, 0.2) is 42.5 Å². The van der Waals surface area contributed by atoms with Gasteiger partial charge in [0.15, 0.2) is 6.10 Å². The largest absolute Gasteiger partial charge is 0.479 e. The van der Waals surface area contributed by atoms with Crippen LogP contribution in [0.5, 0.6) is 5.75 Å². The number of aliphatic carboxylic acids is 1. The third kappa shape index (κ3) is 14.8. The van der Waals surface area contributed by atoms with Crippen LogP contribution in [-0.2, 0) is 32.2 Å². The van der Waals surface area contributed by atoms with E-state index in [2.05, 4.69) is 76.4 Å². The van der Waals surface area contributed by atoms with E-state index in [0.29, 0.717) is 24.7 Å². The van der Waals surface area contributed by atoms with Crippen LogP contribution in [-0.4, -0.2) is 68.2 Å². The van der Waals surface area contributed by atoms with Gasteiger partial charge in [-0.3, -0.25) is 0 Å². The van der Waals surface area contributed by atoms with Crippen molar-refractivity contribution in [2.45, 2.75) is 150 Å². The first kappa shape index (κ1) is 40.3. The first-order valence-corrected chi connectivity index (χ1v) is 16.3. The Morgan fingerprint density at radius 1 is 0.745 bits per heavy atom. The third-order valence-corrected chi connectivity index (χ3v) is 6.80. The quantitative estimate of drug-likeness (QED) is 0.192. The van der Waals surface area contributed by atoms with Crippen molar-refractivity contribution in [2.75, 3.05) is 10.6 Å². The molecule has 5 atom stereocenters. The summed E-state index contributed by atoms with van der Waals surface area (Å²) in [4.78, 5) is 11.4. The van der Waals surface area contributed by atoms with E-state index >= 15 is 0 Å². The zero-order valence-corrected chi connectivity index (χ0v) is 30.7. The van der Waals surface area contributed by atoms with Crippen molar-refractivity contribution in [2.24, 2.45) is 5.92 Å². The summed E-state index contributed by atoms with van der Waals surface area (Å²) in [6.45, 7) is 27.3. The van der Waals surface area contributed by atoms with E-state index in [1.807, 2.05) is 53.7 Å². The maximum absolute atomic E-state index is 11.4. The summed E-state index contributed by atoms with van der Waals surface area (Å²) in [7, 11) is 0. The summed E-state index contributed by atoms with van der Waals surface area (Å²) in [5.74, 6) is -1.64. The summed E-state index contributed by atoms with van der Waals surface area (Å²) < 4.78 is 22.9. The van der Waals surface area contributed by atoms with Crippen LogP contribution in [0.25, 0.3) is 0 Å². The van der Waals surface area contributed by atoms with Gasteiger partial charge in [-0.1, -0.05) is 25.1 Å². The Morgan fingerprint density at radius 3 is 1.70 bits per heavy atom. The van der Waals surface area contributed by atoms with Crippen molar-refractivity contribution in [1.82, 2.24) is 0 Å². The molecule has 1 saturated heterocycles. The minimum Gasteiger partial charge on any atom is -0.479 e. The molecular formula is C37H60N2O8. The van der Waals surface area contributed by atoms with Crippen molar-refractivity contribution in [1.29, 1.82) is 0 Å². The molecule has 10 heteroatoms. The van der Waals surface area contributed by atoms with Crippen LogP contribution in [0.1, 0.15) is 101 Å². The zero-order chi connectivity index (χ0) is 36.0. The maximum Gasteiger partial charge on any atom is 0.335 e. The van der Waals surface area contributed by atoms with Crippen molar-refractivity contribution >= 4 is 17.3 Å².